The highest BCUT2D eigenvalue weighted by atomic mass is 16.5. The number of carbonyl (C=O) groups excluding carboxylic acids is 1. The van der Waals surface area contributed by atoms with Crippen LogP contribution in [0.25, 0.3) is 0 Å². The molecule has 2 aromatic rings. The monoisotopic (exact) mass is 370 g/mol. The fourth-order valence-electron chi connectivity index (χ4n) is 3.83. The van der Waals surface area contributed by atoms with E-state index in [2.05, 4.69) is 32.5 Å². The second-order valence-corrected chi connectivity index (χ2v) is 7.41. The number of hydrogen-bond acceptors (Lipinski definition) is 6. The molecule has 0 saturated carbocycles. The molecule has 2 aromatic heterocycles. The molecule has 2 aliphatic rings. The molecular weight excluding hydrogens is 344 g/mol. The molecule has 1 unspecified atom stereocenters. The molecular formula is C20H26N4O3. The minimum absolute atomic E-state index is 0.0659. The van der Waals surface area contributed by atoms with Gasteiger partial charge < -0.3 is 14.6 Å². The first-order valence-corrected chi connectivity index (χ1v) is 9.74. The normalized spacial score (nSPS) is 21.9. The maximum absolute atomic E-state index is 12.4. The van der Waals surface area contributed by atoms with Gasteiger partial charge in [0.2, 0.25) is 5.76 Å². The largest absolute Gasteiger partial charge is 0.379 e. The van der Waals surface area contributed by atoms with Crippen molar-refractivity contribution in [3.05, 3.63) is 47.6 Å². The third-order valence-corrected chi connectivity index (χ3v) is 5.41. The molecule has 4 heterocycles. The van der Waals surface area contributed by atoms with Crippen molar-refractivity contribution in [1.82, 2.24) is 20.4 Å². The number of amides is 1. The first-order chi connectivity index (χ1) is 13.3. The quantitative estimate of drug-likeness (QED) is 0.870. The second-order valence-electron chi connectivity index (χ2n) is 7.41. The maximum Gasteiger partial charge on any atom is 0.290 e. The van der Waals surface area contributed by atoms with Crippen LogP contribution in [0.1, 0.15) is 53.4 Å². The van der Waals surface area contributed by atoms with Gasteiger partial charge in [-0.25, -0.2) is 0 Å². The number of nitrogens with one attached hydrogen (secondary N) is 1. The lowest BCUT2D eigenvalue weighted by Gasteiger charge is -2.30. The van der Waals surface area contributed by atoms with Crippen LogP contribution in [0.4, 0.5) is 0 Å². The van der Waals surface area contributed by atoms with E-state index in [0.717, 1.165) is 57.6 Å². The third-order valence-electron chi connectivity index (χ3n) is 5.41. The lowest BCUT2D eigenvalue weighted by atomic mass is 9.93. The summed E-state index contributed by atoms with van der Waals surface area (Å²) in [4.78, 5) is 18.9. The van der Waals surface area contributed by atoms with Gasteiger partial charge in [-0.3, -0.25) is 14.7 Å². The fraction of sp³-hybridized carbons (Fsp3) is 0.550. The number of aromatic nitrogens is 2. The smallest absolute Gasteiger partial charge is 0.290 e. The molecule has 1 atom stereocenters. The molecule has 27 heavy (non-hydrogen) atoms. The molecule has 0 radical (unpaired) electrons. The van der Waals surface area contributed by atoms with E-state index in [1.54, 1.807) is 0 Å². The zero-order valence-corrected chi connectivity index (χ0v) is 15.5. The summed E-state index contributed by atoms with van der Waals surface area (Å²) >= 11 is 0. The Hall–Kier alpha value is -2.25. The summed E-state index contributed by atoms with van der Waals surface area (Å²) in [5.74, 6) is 0.455. The van der Waals surface area contributed by atoms with Crippen LogP contribution in [0.2, 0.25) is 0 Å². The molecule has 1 amide bonds. The minimum Gasteiger partial charge on any atom is -0.379 e. The van der Waals surface area contributed by atoms with Crippen LogP contribution in [0.15, 0.2) is 35.1 Å². The van der Waals surface area contributed by atoms with E-state index in [1.807, 2.05) is 18.5 Å². The van der Waals surface area contributed by atoms with Gasteiger partial charge in [0.1, 0.15) is 0 Å². The number of likely N-dealkylation sites (tertiary alicyclic amines) is 1. The van der Waals surface area contributed by atoms with E-state index in [1.165, 1.54) is 5.56 Å². The van der Waals surface area contributed by atoms with Crippen molar-refractivity contribution in [2.75, 3.05) is 26.3 Å². The Morgan fingerprint density at radius 2 is 2.04 bits per heavy atom. The van der Waals surface area contributed by atoms with Crippen molar-refractivity contribution in [2.24, 2.45) is 0 Å². The van der Waals surface area contributed by atoms with Gasteiger partial charge in [-0.05, 0) is 56.5 Å². The summed E-state index contributed by atoms with van der Waals surface area (Å²) in [7, 11) is 0. The molecule has 7 heteroatoms. The van der Waals surface area contributed by atoms with Crippen LogP contribution in [0.5, 0.6) is 0 Å². The highest BCUT2D eigenvalue weighted by Crippen LogP contribution is 2.28. The van der Waals surface area contributed by atoms with E-state index >= 15 is 0 Å². The molecule has 0 aromatic carbocycles. The van der Waals surface area contributed by atoms with Gasteiger partial charge in [-0.1, -0.05) is 5.16 Å². The average Bonchev–Trinajstić information content (AvgIpc) is 3.21. The SMILES string of the molecule is O=C(NC1CCCOC1)c1cc(C2CCN(Cc3ccncc3)CC2)no1. The van der Waals surface area contributed by atoms with Crippen LogP contribution in [-0.4, -0.2) is 53.3 Å². The zero-order chi connectivity index (χ0) is 18.5. The minimum atomic E-state index is -0.195. The topological polar surface area (TPSA) is 80.5 Å². The predicted molar refractivity (Wildman–Crippen MR) is 99.3 cm³/mol. The molecule has 0 aliphatic carbocycles. The number of ether oxygens (including phenoxy) is 1. The van der Waals surface area contributed by atoms with Gasteiger partial charge in [0, 0.05) is 37.5 Å². The molecule has 0 bridgehead atoms. The molecule has 144 valence electrons. The Bertz CT molecular complexity index is 735. The Kier molecular flexibility index (Phi) is 5.79. The van der Waals surface area contributed by atoms with Crippen molar-refractivity contribution in [2.45, 2.75) is 44.2 Å². The van der Waals surface area contributed by atoms with Gasteiger partial charge in [-0.2, -0.15) is 0 Å². The van der Waals surface area contributed by atoms with Crippen LogP contribution < -0.4 is 5.32 Å². The highest BCUT2D eigenvalue weighted by Gasteiger charge is 2.26. The van der Waals surface area contributed by atoms with Gasteiger partial charge in [-0.15, -0.1) is 0 Å². The van der Waals surface area contributed by atoms with Gasteiger partial charge >= 0.3 is 0 Å². The Balaban J connectivity index is 1.28. The summed E-state index contributed by atoms with van der Waals surface area (Å²) in [6, 6.07) is 6.00. The predicted octanol–water partition coefficient (Wildman–Crippen LogP) is 2.36. The summed E-state index contributed by atoms with van der Waals surface area (Å²) in [6.45, 7) is 4.33. The van der Waals surface area contributed by atoms with Crippen molar-refractivity contribution in [1.29, 1.82) is 0 Å². The second kappa shape index (κ2) is 8.63. The summed E-state index contributed by atoms with van der Waals surface area (Å²) in [5.41, 5.74) is 2.18. The van der Waals surface area contributed by atoms with E-state index in [9.17, 15) is 4.79 Å². The lowest BCUT2D eigenvalue weighted by Crippen LogP contribution is -2.40. The van der Waals surface area contributed by atoms with Crippen LogP contribution in [0.3, 0.4) is 0 Å². The van der Waals surface area contributed by atoms with Crippen molar-refractivity contribution in [3.63, 3.8) is 0 Å². The van der Waals surface area contributed by atoms with Crippen LogP contribution >= 0.6 is 0 Å². The number of rotatable bonds is 5. The molecule has 1 N–H and O–H groups in total. The van der Waals surface area contributed by atoms with Crippen LogP contribution in [0, 0.1) is 0 Å². The van der Waals surface area contributed by atoms with E-state index in [-0.39, 0.29) is 11.9 Å². The maximum atomic E-state index is 12.4. The zero-order valence-electron chi connectivity index (χ0n) is 15.5. The van der Waals surface area contributed by atoms with Gasteiger partial charge in [0.05, 0.1) is 18.3 Å². The first kappa shape index (κ1) is 18.1. The summed E-state index contributed by atoms with van der Waals surface area (Å²) in [5, 5.41) is 7.14. The molecule has 7 nitrogen and oxygen atoms in total. The fourth-order valence-corrected chi connectivity index (χ4v) is 3.83. The Labute approximate surface area is 159 Å². The number of nitrogens with zero attached hydrogens (tertiary/aromatic N) is 3. The van der Waals surface area contributed by atoms with Gasteiger partial charge in [0.15, 0.2) is 0 Å². The molecule has 2 saturated heterocycles. The van der Waals surface area contributed by atoms with Gasteiger partial charge in [0.25, 0.3) is 5.91 Å². The summed E-state index contributed by atoms with van der Waals surface area (Å²) in [6.07, 6.45) is 7.64. The van der Waals surface area contributed by atoms with Crippen molar-refractivity contribution < 1.29 is 14.1 Å². The highest BCUT2D eigenvalue weighted by molar-refractivity contribution is 5.91. The van der Waals surface area contributed by atoms with E-state index in [4.69, 9.17) is 9.26 Å². The first-order valence-electron chi connectivity index (χ1n) is 9.74. The molecule has 2 fully saturated rings. The average molecular weight is 370 g/mol. The van der Waals surface area contributed by atoms with Crippen molar-refractivity contribution in [3.8, 4) is 0 Å². The van der Waals surface area contributed by atoms with E-state index in [0.29, 0.717) is 18.3 Å². The third kappa shape index (κ3) is 4.73. The Morgan fingerprint density at radius 3 is 2.78 bits per heavy atom. The molecule has 2 aliphatic heterocycles. The number of carbonyl (C=O) groups is 1. The number of pyridine rings is 1. The molecule has 4 rings (SSSR count). The number of piperidine rings is 1. The standard InChI is InChI=1S/C20H26N4O3/c25-20(22-17-2-1-11-26-14-17)19-12-18(23-27-19)16-5-9-24(10-6-16)13-15-3-7-21-8-4-15/h3-4,7-8,12,16-17H,1-2,5-6,9-11,13-14H2,(H,22,25). The number of hydrogen-bond donors (Lipinski definition) is 1. The van der Waals surface area contributed by atoms with Crippen LogP contribution in [-0.2, 0) is 11.3 Å². The van der Waals surface area contributed by atoms with E-state index < -0.39 is 0 Å². The Morgan fingerprint density at radius 1 is 1.22 bits per heavy atom. The molecule has 0 spiro atoms. The summed E-state index contributed by atoms with van der Waals surface area (Å²) < 4.78 is 10.7. The lowest BCUT2D eigenvalue weighted by molar-refractivity contribution is 0.0608. The van der Waals surface area contributed by atoms with Crippen molar-refractivity contribution >= 4 is 5.91 Å².